The maximum atomic E-state index is 12.7. The van der Waals surface area contributed by atoms with Crippen LogP contribution in [0.5, 0.6) is 0 Å². The minimum Gasteiger partial charge on any atom is -0.385 e. The van der Waals surface area contributed by atoms with Crippen LogP contribution in [0.1, 0.15) is 56.6 Å². The monoisotopic (exact) mass is 286 g/mol. The Kier molecular flexibility index (Phi) is 4.14. The van der Waals surface area contributed by atoms with Crippen LogP contribution in [-0.2, 0) is 5.60 Å². The van der Waals surface area contributed by atoms with Crippen molar-refractivity contribution in [1.29, 1.82) is 0 Å². The second-order valence-corrected chi connectivity index (χ2v) is 6.12. The summed E-state index contributed by atoms with van der Waals surface area (Å²) >= 11 is 0. The van der Waals surface area contributed by atoms with E-state index in [0.717, 1.165) is 5.56 Å². The van der Waals surface area contributed by atoms with Crippen molar-refractivity contribution < 1.29 is 18.3 Å². The van der Waals surface area contributed by atoms with Gasteiger partial charge in [-0.1, -0.05) is 38.1 Å². The summed E-state index contributed by atoms with van der Waals surface area (Å²) in [7, 11) is 0. The van der Waals surface area contributed by atoms with Gasteiger partial charge >= 0.3 is 6.18 Å². The normalized spacial score (nSPS) is 27.9. The van der Waals surface area contributed by atoms with E-state index in [2.05, 4.69) is 13.8 Å². The van der Waals surface area contributed by atoms with Gasteiger partial charge in [-0.2, -0.15) is 13.2 Å². The molecule has 1 N–H and O–H groups in total. The van der Waals surface area contributed by atoms with Crippen LogP contribution in [0.15, 0.2) is 24.3 Å². The molecule has 1 saturated carbocycles. The van der Waals surface area contributed by atoms with Crippen molar-refractivity contribution in [2.75, 3.05) is 0 Å². The Balaban J connectivity index is 2.09. The maximum absolute atomic E-state index is 12.7. The highest BCUT2D eigenvalue weighted by molar-refractivity contribution is 5.29. The molecule has 0 aromatic heterocycles. The van der Waals surface area contributed by atoms with Gasteiger partial charge in [-0.05, 0) is 42.7 Å². The van der Waals surface area contributed by atoms with Crippen LogP contribution in [0.2, 0.25) is 0 Å². The van der Waals surface area contributed by atoms with Crippen LogP contribution in [0.4, 0.5) is 13.2 Å². The lowest BCUT2D eigenvalue weighted by atomic mass is 9.75. The molecule has 0 radical (unpaired) electrons. The van der Waals surface area contributed by atoms with Crippen LogP contribution in [-0.4, -0.2) is 11.3 Å². The maximum Gasteiger partial charge on any atom is 0.391 e. The van der Waals surface area contributed by atoms with Gasteiger partial charge in [0, 0.05) is 0 Å². The summed E-state index contributed by atoms with van der Waals surface area (Å²) in [6.45, 7) is 4.16. The molecule has 1 aliphatic carbocycles. The zero-order valence-electron chi connectivity index (χ0n) is 11.9. The van der Waals surface area contributed by atoms with Crippen LogP contribution in [0.25, 0.3) is 0 Å². The lowest BCUT2D eigenvalue weighted by molar-refractivity contribution is -0.193. The van der Waals surface area contributed by atoms with E-state index in [9.17, 15) is 18.3 Å². The molecule has 1 fully saturated rings. The van der Waals surface area contributed by atoms with Crippen molar-refractivity contribution in [2.45, 2.75) is 57.2 Å². The summed E-state index contributed by atoms with van der Waals surface area (Å²) in [4.78, 5) is 0. The van der Waals surface area contributed by atoms with E-state index in [4.69, 9.17) is 0 Å². The molecule has 1 aliphatic rings. The molecular formula is C16H21F3O. The second kappa shape index (κ2) is 5.40. The highest BCUT2D eigenvalue weighted by atomic mass is 19.4. The van der Waals surface area contributed by atoms with E-state index in [0.29, 0.717) is 5.92 Å². The van der Waals surface area contributed by atoms with Crippen molar-refractivity contribution in [1.82, 2.24) is 0 Å². The number of halogens is 3. The summed E-state index contributed by atoms with van der Waals surface area (Å²) in [5.41, 5.74) is 0.806. The van der Waals surface area contributed by atoms with Crippen LogP contribution >= 0.6 is 0 Å². The number of hydrogen-bond acceptors (Lipinski definition) is 1. The van der Waals surface area contributed by atoms with Gasteiger partial charge in [0.25, 0.3) is 0 Å². The standard InChI is InChI=1S/C16H21F3O/c1-11(2)12-3-5-13(6-4-12)15(20)9-7-14(8-10-15)16(17,18)19/h3-6,11,14,20H,7-10H2,1-2H3. The van der Waals surface area contributed by atoms with E-state index >= 15 is 0 Å². The topological polar surface area (TPSA) is 20.2 Å². The van der Waals surface area contributed by atoms with Crippen molar-refractivity contribution >= 4 is 0 Å². The molecule has 0 spiro atoms. The Hall–Kier alpha value is -1.03. The average molecular weight is 286 g/mol. The predicted octanol–water partition coefficient (Wildman–Crippen LogP) is 4.75. The summed E-state index contributed by atoms with van der Waals surface area (Å²) in [5, 5.41) is 10.6. The molecule has 0 bridgehead atoms. The molecule has 0 amide bonds. The van der Waals surface area contributed by atoms with Gasteiger partial charge in [-0.15, -0.1) is 0 Å². The first-order valence-electron chi connectivity index (χ1n) is 7.12. The fraction of sp³-hybridized carbons (Fsp3) is 0.625. The van der Waals surface area contributed by atoms with E-state index in [1.54, 1.807) is 0 Å². The number of alkyl halides is 3. The minimum absolute atomic E-state index is 0.00588. The third-order valence-corrected chi connectivity index (χ3v) is 4.39. The Morgan fingerprint density at radius 2 is 1.60 bits per heavy atom. The van der Waals surface area contributed by atoms with E-state index in [1.165, 1.54) is 5.56 Å². The van der Waals surface area contributed by atoms with Gasteiger partial charge in [-0.25, -0.2) is 0 Å². The summed E-state index contributed by atoms with van der Waals surface area (Å²) in [5.74, 6) is -0.864. The molecule has 4 heteroatoms. The molecule has 1 aromatic rings. The molecule has 0 unspecified atom stereocenters. The Labute approximate surface area is 117 Å². The zero-order valence-corrected chi connectivity index (χ0v) is 11.9. The summed E-state index contributed by atoms with van der Waals surface area (Å²) < 4.78 is 38.0. The number of hydrogen-bond donors (Lipinski definition) is 1. The third-order valence-electron chi connectivity index (χ3n) is 4.39. The largest absolute Gasteiger partial charge is 0.391 e. The van der Waals surface area contributed by atoms with Gasteiger partial charge in [0.15, 0.2) is 0 Å². The molecule has 112 valence electrons. The first-order valence-corrected chi connectivity index (χ1v) is 7.12. The van der Waals surface area contributed by atoms with Gasteiger partial charge in [0.05, 0.1) is 11.5 Å². The Morgan fingerprint density at radius 1 is 1.10 bits per heavy atom. The zero-order chi connectivity index (χ0) is 15.0. The smallest absolute Gasteiger partial charge is 0.385 e. The SMILES string of the molecule is CC(C)c1ccc(C2(O)CCC(C(F)(F)F)CC2)cc1. The quantitative estimate of drug-likeness (QED) is 0.831. The highest BCUT2D eigenvalue weighted by Gasteiger charge is 2.45. The molecular weight excluding hydrogens is 265 g/mol. The van der Waals surface area contributed by atoms with Gasteiger partial charge in [0.1, 0.15) is 0 Å². The number of aliphatic hydroxyl groups is 1. The number of benzene rings is 1. The Bertz CT molecular complexity index is 440. The first-order chi connectivity index (χ1) is 9.22. The van der Waals surface area contributed by atoms with Gasteiger partial charge in [-0.3, -0.25) is 0 Å². The van der Waals surface area contributed by atoms with Crippen LogP contribution in [0.3, 0.4) is 0 Å². The molecule has 0 heterocycles. The summed E-state index contributed by atoms with van der Waals surface area (Å²) in [6.07, 6.45) is -3.77. The van der Waals surface area contributed by atoms with Crippen molar-refractivity contribution in [3.8, 4) is 0 Å². The average Bonchev–Trinajstić information content (AvgIpc) is 2.38. The second-order valence-electron chi connectivity index (χ2n) is 6.12. The molecule has 1 nitrogen and oxygen atoms in total. The Morgan fingerprint density at radius 3 is 2.00 bits per heavy atom. The summed E-state index contributed by atoms with van der Waals surface area (Å²) in [6, 6.07) is 7.61. The first kappa shape index (κ1) is 15.4. The van der Waals surface area contributed by atoms with Crippen molar-refractivity contribution in [3.63, 3.8) is 0 Å². The third kappa shape index (κ3) is 3.17. The predicted molar refractivity (Wildman–Crippen MR) is 72.4 cm³/mol. The number of rotatable bonds is 2. The molecule has 0 saturated heterocycles. The minimum atomic E-state index is -4.14. The van der Waals surface area contributed by atoms with Gasteiger partial charge < -0.3 is 5.11 Å². The fourth-order valence-electron chi connectivity index (χ4n) is 2.89. The highest BCUT2D eigenvalue weighted by Crippen LogP contribution is 2.45. The van der Waals surface area contributed by atoms with Gasteiger partial charge in [0.2, 0.25) is 0 Å². The molecule has 0 aliphatic heterocycles. The van der Waals surface area contributed by atoms with E-state index in [-0.39, 0.29) is 25.7 Å². The molecule has 20 heavy (non-hydrogen) atoms. The van der Waals surface area contributed by atoms with Crippen molar-refractivity contribution in [3.05, 3.63) is 35.4 Å². The molecule has 2 rings (SSSR count). The molecule has 0 atom stereocenters. The lowest BCUT2D eigenvalue weighted by Gasteiger charge is -2.37. The van der Waals surface area contributed by atoms with Crippen LogP contribution in [0, 0.1) is 5.92 Å². The van der Waals surface area contributed by atoms with Crippen LogP contribution < -0.4 is 0 Å². The van der Waals surface area contributed by atoms with E-state index < -0.39 is 17.7 Å². The van der Waals surface area contributed by atoms with Crippen molar-refractivity contribution in [2.24, 2.45) is 5.92 Å². The fourth-order valence-corrected chi connectivity index (χ4v) is 2.89. The lowest BCUT2D eigenvalue weighted by Crippen LogP contribution is -2.36. The molecule has 1 aromatic carbocycles. The van der Waals surface area contributed by atoms with E-state index in [1.807, 2.05) is 24.3 Å².